The molecule has 2 heterocycles. The van der Waals surface area contributed by atoms with Crippen LogP contribution in [0.1, 0.15) is 29.7 Å². The summed E-state index contributed by atoms with van der Waals surface area (Å²) < 4.78 is 5.83. The third-order valence-corrected chi connectivity index (χ3v) is 5.83. The summed E-state index contributed by atoms with van der Waals surface area (Å²) in [5.74, 6) is 0.475. The molecule has 3 amide bonds. The molecule has 0 radical (unpaired) electrons. The lowest BCUT2D eigenvalue weighted by Gasteiger charge is -2.32. The molecule has 7 heteroatoms. The molecule has 0 spiro atoms. The summed E-state index contributed by atoms with van der Waals surface area (Å²) in [5, 5.41) is 5.96. The number of ether oxygens (including phenoxy) is 1. The molecule has 1 unspecified atom stereocenters. The van der Waals surface area contributed by atoms with Crippen LogP contribution in [-0.4, -0.2) is 34.9 Å². The van der Waals surface area contributed by atoms with Crippen LogP contribution < -0.4 is 15.4 Å². The zero-order chi connectivity index (χ0) is 23.8. The number of nitrogens with one attached hydrogen (secondary N) is 2. The number of amides is 3. The number of piperidine rings is 1. The van der Waals surface area contributed by atoms with Crippen molar-refractivity contribution in [1.29, 1.82) is 0 Å². The Bertz CT molecular complexity index is 1120. The largest absolute Gasteiger partial charge is 0.487 e. The van der Waals surface area contributed by atoms with E-state index >= 15 is 0 Å². The number of carbonyl (C=O) groups excluding carboxylic acids is 2. The van der Waals surface area contributed by atoms with Crippen LogP contribution in [0.15, 0.2) is 72.9 Å². The van der Waals surface area contributed by atoms with Crippen molar-refractivity contribution in [2.24, 2.45) is 5.92 Å². The number of rotatable bonds is 7. The second-order valence-corrected chi connectivity index (χ2v) is 8.56. The summed E-state index contributed by atoms with van der Waals surface area (Å²) in [7, 11) is 0. The van der Waals surface area contributed by atoms with Crippen LogP contribution in [0.4, 0.5) is 10.5 Å². The van der Waals surface area contributed by atoms with Crippen molar-refractivity contribution in [1.82, 2.24) is 15.2 Å². The van der Waals surface area contributed by atoms with Gasteiger partial charge in [-0.3, -0.25) is 9.78 Å². The zero-order valence-electron chi connectivity index (χ0n) is 19.4. The summed E-state index contributed by atoms with van der Waals surface area (Å²) in [6, 6.07) is 20.9. The van der Waals surface area contributed by atoms with Gasteiger partial charge in [0.25, 0.3) is 0 Å². The first-order valence-electron chi connectivity index (χ1n) is 11.6. The Morgan fingerprint density at radius 2 is 1.97 bits per heavy atom. The number of pyridine rings is 1. The number of hydrogen-bond donors (Lipinski definition) is 2. The van der Waals surface area contributed by atoms with Crippen LogP contribution in [-0.2, 0) is 17.9 Å². The Hall–Kier alpha value is -3.87. The van der Waals surface area contributed by atoms with E-state index < -0.39 is 0 Å². The number of carbonyl (C=O) groups is 2. The fourth-order valence-corrected chi connectivity index (χ4v) is 4.02. The highest BCUT2D eigenvalue weighted by Gasteiger charge is 2.28. The highest BCUT2D eigenvalue weighted by atomic mass is 16.5. The minimum absolute atomic E-state index is 0.0344. The van der Waals surface area contributed by atoms with Gasteiger partial charge < -0.3 is 20.3 Å². The number of urea groups is 1. The van der Waals surface area contributed by atoms with Crippen LogP contribution in [0.25, 0.3) is 0 Å². The molecule has 1 aromatic heterocycles. The van der Waals surface area contributed by atoms with Gasteiger partial charge in [0.2, 0.25) is 5.91 Å². The van der Waals surface area contributed by atoms with E-state index in [0.717, 1.165) is 41.1 Å². The minimum atomic E-state index is -0.222. The Balaban J connectivity index is 1.26. The fraction of sp³-hybridized carbons (Fsp3) is 0.296. The highest BCUT2D eigenvalue weighted by Crippen LogP contribution is 2.19. The molecule has 1 fully saturated rings. The molecule has 4 rings (SSSR count). The van der Waals surface area contributed by atoms with Gasteiger partial charge in [0, 0.05) is 31.5 Å². The van der Waals surface area contributed by atoms with Crippen LogP contribution >= 0.6 is 0 Å². The van der Waals surface area contributed by atoms with Gasteiger partial charge in [0.15, 0.2) is 0 Å². The number of aromatic nitrogens is 1. The maximum absolute atomic E-state index is 12.8. The summed E-state index contributed by atoms with van der Waals surface area (Å²) in [5.41, 5.74) is 3.66. The number of anilines is 1. The standard InChI is InChI=1S/C27H30N4O3/c1-20-7-4-11-23(15-20)30-27(33)31-14-6-9-22(18-31)26(32)29-17-21-8-5-12-25(16-21)34-19-24-10-2-3-13-28-24/h2-5,7-8,10-13,15-16,22H,6,9,14,17-19H2,1H3,(H,29,32)(H,30,33). The molecule has 0 saturated carbocycles. The van der Waals surface area contributed by atoms with Crippen molar-refractivity contribution in [3.8, 4) is 5.75 Å². The van der Waals surface area contributed by atoms with Gasteiger partial charge in [-0.1, -0.05) is 30.3 Å². The van der Waals surface area contributed by atoms with Gasteiger partial charge in [-0.25, -0.2) is 4.79 Å². The molecule has 0 aliphatic carbocycles. The molecule has 2 N–H and O–H groups in total. The lowest BCUT2D eigenvalue weighted by molar-refractivity contribution is -0.126. The maximum atomic E-state index is 12.8. The SMILES string of the molecule is Cc1cccc(NC(=O)N2CCCC(C(=O)NCc3cccc(OCc4ccccn4)c3)C2)c1. The first-order chi connectivity index (χ1) is 16.6. The molecule has 34 heavy (non-hydrogen) atoms. The van der Waals surface area contributed by atoms with E-state index in [-0.39, 0.29) is 17.9 Å². The fourth-order valence-electron chi connectivity index (χ4n) is 4.02. The predicted molar refractivity (Wildman–Crippen MR) is 131 cm³/mol. The van der Waals surface area contributed by atoms with E-state index in [9.17, 15) is 9.59 Å². The third-order valence-electron chi connectivity index (χ3n) is 5.83. The van der Waals surface area contributed by atoms with E-state index in [1.54, 1.807) is 11.1 Å². The van der Waals surface area contributed by atoms with Crippen LogP contribution in [0.5, 0.6) is 5.75 Å². The van der Waals surface area contributed by atoms with Gasteiger partial charge in [-0.2, -0.15) is 0 Å². The first-order valence-corrected chi connectivity index (χ1v) is 11.6. The van der Waals surface area contributed by atoms with E-state index in [1.807, 2.05) is 73.7 Å². The van der Waals surface area contributed by atoms with Gasteiger partial charge in [-0.05, 0) is 67.3 Å². The molecular weight excluding hydrogens is 428 g/mol. The minimum Gasteiger partial charge on any atom is -0.487 e. The Morgan fingerprint density at radius 3 is 2.79 bits per heavy atom. The monoisotopic (exact) mass is 458 g/mol. The summed E-state index contributed by atoms with van der Waals surface area (Å²) in [4.78, 5) is 31.5. The maximum Gasteiger partial charge on any atom is 0.321 e. The molecule has 7 nitrogen and oxygen atoms in total. The average molecular weight is 459 g/mol. The molecule has 3 aromatic rings. The molecule has 1 saturated heterocycles. The van der Waals surface area contributed by atoms with Gasteiger partial charge >= 0.3 is 6.03 Å². The van der Waals surface area contributed by atoms with Crippen molar-refractivity contribution in [2.45, 2.75) is 32.9 Å². The molecule has 1 atom stereocenters. The lowest BCUT2D eigenvalue weighted by atomic mass is 9.97. The topological polar surface area (TPSA) is 83.6 Å². The number of aryl methyl sites for hydroxylation is 1. The van der Waals surface area contributed by atoms with Crippen LogP contribution in [0.3, 0.4) is 0 Å². The van der Waals surface area contributed by atoms with Crippen molar-refractivity contribution in [3.63, 3.8) is 0 Å². The summed E-state index contributed by atoms with van der Waals surface area (Å²) >= 11 is 0. The number of benzene rings is 2. The second-order valence-electron chi connectivity index (χ2n) is 8.56. The van der Waals surface area contributed by atoms with Crippen LogP contribution in [0.2, 0.25) is 0 Å². The predicted octanol–water partition coefficient (Wildman–Crippen LogP) is 4.53. The molecule has 0 bridgehead atoms. The highest BCUT2D eigenvalue weighted by molar-refractivity contribution is 5.90. The van der Waals surface area contributed by atoms with Gasteiger partial charge in [-0.15, -0.1) is 0 Å². The smallest absolute Gasteiger partial charge is 0.321 e. The summed E-state index contributed by atoms with van der Waals surface area (Å²) in [6.07, 6.45) is 3.31. The van der Waals surface area contributed by atoms with Gasteiger partial charge in [0.1, 0.15) is 12.4 Å². The van der Waals surface area contributed by atoms with E-state index in [0.29, 0.717) is 26.2 Å². The van der Waals surface area contributed by atoms with Crippen molar-refractivity contribution in [2.75, 3.05) is 18.4 Å². The Kier molecular flexibility index (Phi) is 7.75. The second kappa shape index (κ2) is 11.3. The number of nitrogens with zero attached hydrogens (tertiary/aromatic N) is 2. The normalized spacial score (nSPS) is 15.4. The van der Waals surface area contributed by atoms with E-state index in [2.05, 4.69) is 15.6 Å². The molecule has 1 aliphatic heterocycles. The molecule has 1 aliphatic rings. The van der Waals surface area contributed by atoms with Crippen molar-refractivity contribution < 1.29 is 14.3 Å². The Labute approximate surface area is 200 Å². The lowest BCUT2D eigenvalue weighted by Crippen LogP contribution is -2.46. The molecular formula is C27H30N4O3. The number of likely N-dealkylation sites (tertiary alicyclic amines) is 1. The van der Waals surface area contributed by atoms with E-state index in [4.69, 9.17) is 4.74 Å². The molecule has 176 valence electrons. The average Bonchev–Trinajstić information content (AvgIpc) is 2.87. The van der Waals surface area contributed by atoms with Crippen LogP contribution in [0, 0.1) is 12.8 Å². The quantitative estimate of drug-likeness (QED) is 0.545. The van der Waals surface area contributed by atoms with Crippen molar-refractivity contribution >= 4 is 17.6 Å². The zero-order valence-corrected chi connectivity index (χ0v) is 19.4. The van der Waals surface area contributed by atoms with Crippen molar-refractivity contribution in [3.05, 3.63) is 89.7 Å². The van der Waals surface area contributed by atoms with Gasteiger partial charge in [0.05, 0.1) is 11.6 Å². The third kappa shape index (κ3) is 6.57. The number of hydrogen-bond acceptors (Lipinski definition) is 4. The first kappa shape index (κ1) is 23.3. The summed E-state index contributed by atoms with van der Waals surface area (Å²) in [6.45, 7) is 3.85. The Morgan fingerprint density at radius 1 is 1.09 bits per heavy atom. The van der Waals surface area contributed by atoms with E-state index in [1.165, 1.54) is 0 Å². The molecule has 2 aromatic carbocycles.